The summed E-state index contributed by atoms with van der Waals surface area (Å²) < 4.78 is 10.6. The maximum atomic E-state index is 11.7. The normalized spacial score (nSPS) is 18.7. The van der Waals surface area contributed by atoms with Crippen molar-refractivity contribution in [3.05, 3.63) is 24.3 Å². The molecule has 0 aliphatic heterocycles. The molecule has 1 aliphatic carbocycles. The predicted octanol–water partition coefficient (Wildman–Crippen LogP) is 6.57. The van der Waals surface area contributed by atoms with Gasteiger partial charge in [0.25, 0.3) is 6.47 Å². The molecular formula is C33H56O9. The molecule has 0 radical (unpaired) electrons. The second-order valence-electron chi connectivity index (χ2n) is 12.2. The number of hydrogen-bond donors (Lipinski definition) is 3. The van der Waals surface area contributed by atoms with Crippen LogP contribution in [0, 0.1) is 29.6 Å². The van der Waals surface area contributed by atoms with Gasteiger partial charge in [-0.3, -0.25) is 14.4 Å². The van der Waals surface area contributed by atoms with E-state index in [1.54, 1.807) is 6.08 Å². The maximum absolute atomic E-state index is 11.7. The number of aliphatic carboxylic acids is 2. The molecule has 42 heavy (non-hydrogen) atoms. The molecule has 9 heteroatoms. The number of carbonyl (C=O) groups excluding carboxylic acids is 2. The van der Waals surface area contributed by atoms with E-state index in [0.717, 1.165) is 19.3 Å². The Kier molecular flexibility index (Phi) is 20.5. The van der Waals surface area contributed by atoms with Crippen molar-refractivity contribution in [1.82, 2.24) is 0 Å². The Morgan fingerprint density at radius 2 is 1.64 bits per heavy atom. The Hall–Kier alpha value is -2.68. The van der Waals surface area contributed by atoms with Crippen molar-refractivity contribution < 1.29 is 44.0 Å². The van der Waals surface area contributed by atoms with Crippen molar-refractivity contribution in [3.63, 3.8) is 0 Å². The van der Waals surface area contributed by atoms with E-state index in [1.165, 1.54) is 52.0 Å². The minimum atomic E-state index is -1.10. The van der Waals surface area contributed by atoms with Gasteiger partial charge in [0.1, 0.15) is 12.2 Å². The van der Waals surface area contributed by atoms with Crippen LogP contribution in [-0.2, 0) is 28.7 Å². The third kappa shape index (κ3) is 18.0. The highest BCUT2D eigenvalue weighted by molar-refractivity contribution is 5.79. The molecule has 0 aromatic rings. The van der Waals surface area contributed by atoms with Gasteiger partial charge in [-0.1, -0.05) is 85.8 Å². The maximum Gasteiger partial charge on any atom is 0.327 e. The molecule has 0 aromatic heterocycles. The molecule has 242 valence electrons. The average molecular weight is 597 g/mol. The third-order valence-electron chi connectivity index (χ3n) is 8.11. The van der Waals surface area contributed by atoms with Crippen LogP contribution in [0.3, 0.4) is 0 Å². The molecule has 3 N–H and O–H groups in total. The lowest BCUT2D eigenvalue weighted by Gasteiger charge is -2.31. The van der Waals surface area contributed by atoms with Crippen LogP contribution in [-0.4, -0.2) is 58.0 Å². The van der Waals surface area contributed by atoms with Gasteiger partial charge in [-0.2, -0.15) is 0 Å². The summed E-state index contributed by atoms with van der Waals surface area (Å²) in [7, 11) is 0. The number of allylic oxidation sites excluding steroid dienone is 1. The number of rotatable bonds is 19. The van der Waals surface area contributed by atoms with E-state index >= 15 is 0 Å². The van der Waals surface area contributed by atoms with Crippen LogP contribution in [0.1, 0.15) is 112 Å². The van der Waals surface area contributed by atoms with Crippen molar-refractivity contribution in [3.8, 4) is 0 Å². The zero-order chi connectivity index (χ0) is 32.2. The first-order valence-corrected chi connectivity index (χ1v) is 15.5. The molecule has 0 heterocycles. The first kappa shape index (κ1) is 39.3. The summed E-state index contributed by atoms with van der Waals surface area (Å²) in [5.74, 6) is -1.20. The van der Waals surface area contributed by atoms with Crippen LogP contribution in [0.15, 0.2) is 24.3 Å². The summed E-state index contributed by atoms with van der Waals surface area (Å²) in [5, 5.41) is 27.7. The van der Waals surface area contributed by atoms with Gasteiger partial charge in [-0.05, 0) is 61.3 Å². The van der Waals surface area contributed by atoms with Crippen molar-refractivity contribution in [1.29, 1.82) is 0 Å². The number of ether oxygens (including phenoxy) is 2. The first-order valence-electron chi connectivity index (χ1n) is 15.5. The van der Waals surface area contributed by atoms with E-state index in [0.29, 0.717) is 29.7 Å². The monoisotopic (exact) mass is 596 g/mol. The average Bonchev–Trinajstić information content (AvgIpc) is 2.93. The fourth-order valence-corrected chi connectivity index (χ4v) is 5.49. The fourth-order valence-electron chi connectivity index (χ4n) is 5.49. The Labute approximate surface area is 252 Å². The van der Waals surface area contributed by atoms with E-state index in [1.807, 2.05) is 6.92 Å². The quantitative estimate of drug-likeness (QED) is 0.0651. The van der Waals surface area contributed by atoms with Crippen LogP contribution < -0.4 is 0 Å². The third-order valence-corrected chi connectivity index (χ3v) is 8.11. The number of carbonyl (C=O) groups is 4. The SMILES string of the molecule is C=C(CCC(OC=O)[C@H](O)CC(C)C(=O)O)C(OC(C)=O)C(C)CC1CCCCC1.CCC(C)CC(C)/C=C/C(=O)O. The highest BCUT2D eigenvalue weighted by Crippen LogP contribution is 2.33. The molecule has 1 aliphatic rings. The number of aliphatic hydroxyl groups is 1. The topological polar surface area (TPSA) is 147 Å². The number of hydrogen-bond acceptors (Lipinski definition) is 7. The van der Waals surface area contributed by atoms with Crippen molar-refractivity contribution in [2.45, 2.75) is 130 Å². The van der Waals surface area contributed by atoms with Gasteiger partial charge >= 0.3 is 17.9 Å². The molecular weight excluding hydrogens is 540 g/mol. The van der Waals surface area contributed by atoms with E-state index in [-0.39, 0.29) is 31.2 Å². The number of aliphatic hydroxyl groups excluding tert-OH is 1. The minimum Gasteiger partial charge on any atom is -0.481 e. The number of esters is 1. The van der Waals surface area contributed by atoms with Gasteiger partial charge in [-0.25, -0.2) is 4.79 Å². The largest absolute Gasteiger partial charge is 0.481 e. The lowest BCUT2D eigenvalue weighted by Crippen LogP contribution is -2.33. The lowest BCUT2D eigenvalue weighted by molar-refractivity contribution is -0.147. The smallest absolute Gasteiger partial charge is 0.327 e. The molecule has 6 unspecified atom stereocenters. The van der Waals surface area contributed by atoms with Crippen LogP contribution in [0.2, 0.25) is 0 Å². The molecule has 1 fully saturated rings. The zero-order valence-corrected chi connectivity index (χ0v) is 26.6. The van der Waals surface area contributed by atoms with Gasteiger partial charge < -0.3 is 24.8 Å². The second-order valence-corrected chi connectivity index (χ2v) is 12.2. The standard InChI is InChI=1S/C23H38O7.C10H18O2/c1-15(10-11-21(29-14-24)20(26)13-17(3)23(27)28)22(30-18(4)25)16(2)12-19-8-6-5-7-9-19;1-4-8(2)7-9(3)5-6-10(11)12/h14,16-17,19-22,26H,1,5-13H2,2-4H3,(H,27,28);5-6,8-9H,4,7H2,1-3H3,(H,11,12)/b;6-5+/t16?,17?,20-,21?,22?;/m1./s1. The zero-order valence-electron chi connectivity index (χ0n) is 26.6. The summed E-state index contributed by atoms with van der Waals surface area (Å²) in [6.45, 7) is 15.7. The molecule has 0 amide bonds. The minimum absolute atomic E-state index is 0.0221. The first-order chi connectivity index (χ1) is 19.7. The molecule has 0 bridgehead atoms. The van der Waals surface area contributed by atoms with E-state index in [9.17, 15) is 24.3 Å². The molecule has 1 rings (SSSR count). The second kappa shape index (κ2) is 21.9. The van der Waals surface area contributed by atoms with E-state index in [4.69, 9.17) is 19.7 Å². The highest BCUT2D eigenvalue weighted by atomic mass is 16.5. The lowest BCUT2D eigenvalue weighted by atomic mass is 9.80. The molecule has 7 atom stereocenters. The van der Waals surface area contributed by atoms with Crippen molar-refractivity contribution in [2.24, 2.45) is 29.6 Å². The van der Waals surface area contributed by atoms with Crippen LogP contribution >= 0.6 is 0 Å². The Bertz CT molecular complexity index is 846. The van der Waals surface area contributed by atoms with Crippen molar-refractivity contribution >= 4 is 24.4 Å². The molecule has 9 nitrogen and oxygen atoms in total. The summed E-state index contributed by atoms with van der Waals surface area (Å²) >= 11 is 0. The van der Waals surface area contributed by atoms with E-state index < -0.39 is 36.2 Å². The highest BCUT2D eigenvalue weighted by Gasteiger charge is 2.29. The summed E-state index contributed by atoms with van der Waals surface area (Å²) in [5.41, 5.74) is 0.714. The Balaban J connectivity index is 0.00000118. The van der Waals surface area contributed by atoms with Crippen LogP contribution in [0.4, 0.5) is 0 Å². The van der Waals surface area contributed by atoms with Crippen LogP contribution in [0.25, 0.3) is 0 Å². The van der Waals surface area contributed by atoms with Gasteiger partial charge in [0.05, 0.1) is 12.0 Å². The number of carboxylic acids is 2. The van der Waals surface area contributed by atoms with Gasteiger partial charge in [0.15, 0.2) is 0 Å². The van der Waals surface area contributed by atoms with E-state index in [2.05, 4.69) is 27.4 Å². The van der Waals surface area contributed by atoms with Gasteiger partial charge in [0.2, 0.25) is 0 Å². The molecule has 0 spiro atoms. The van der Waals surface area contributed by atoms with Gasteiger partial charge in [-0.15, -0.1) is 0 Å². The number of carboxylic acid groups (broad SMARTS) is 2. The summed E-state index contributed by atoms with van der Waals surface area (Å²) in [6, 6.07) is 0. The molecule has 1 saturated carbocycles. The fraction of sp³-hybridized carbons (Fsp3) is 0.758. The Morgan fingerprint density at radius 1 is 1.02 bits per heavy atom. The molecule has 0 aromatic carbocycles. The van der Waals surface area contributed by atoms with Crippen LogP contribution in [0.5, 0.6) is 0 Å². The Morgan fingerprint density at radius 3 is 2.14 bits per heavy atom. The molecule has 0 saturated heterocycles. The van der Waals surface area contributed by atoms with Gasteiger partial charge in [0, 0.05) is 13.0 Å². The summed E-state index contributed by atoms with van der Waals surface area (Å²) in [6.07, 6.45) is 10.6. The summed E-state index contributed by atoms with van der Waals surface area (Å²) in [4.78, 5) is 43.7. The predicted molar refractivity (Wildman–Crippen MR) is 163 cm³/mol. The van der Waals surface area contributed by atoms with Crippen molar-refractivity contribution in [2.75, 3.05) is 0 Å².